The Balaban J connectivity index is 1.37. The predicted octanol–water partition coefficient (Wildman–Crippen LogP) is 4.50. The van der Waals surface area contributed by atoms with Gasteiger partial charge in [0, 0.05) is 19.0 Å². The second-order valence-electron chi connectivity index (χ2n) is 7.76. The number of imidazole rings is 1. The van der Waals surface area contributed by atoms with Crippen LogP contribution in [-0.4, -0.2) is 42.8 Å². The molecule has 0 atom stereocenters. The molecule has 176 valence electrons. The summed E-state index contributed by atoms with van der Waals surface area (Å²) in [4.78, 5) is 17.4. The second-order valence-corrected chi connectivity index (χ2v) is 7.76. The SMILES string of the molecule is COc1cccc(OCCn2c(CCCNC(=O)c3ccccc3OC)nc3ccccc32)c1. The molecule has 0 radical (unpaired) electrons. The molecule has 4 rings (SSSR count). The largest absolute Gasteiger partial charge is 0.497 e. The van der Waals surface area contributed by atoms with E-state index in [0.717, 1.165) is 41.2 Å². The molecule has 1 N–H and O–H groups in total. The Hall–Kier alpha value is -4.00. The fourth-order valence-corrected chi connectivity index (χ4v) is 3.89. The molecular weight excluding hydrogens is 430 g/mol. The van der Waals surface area contributed by atoms with E-state index < -0.39 is 0 Å². The summed E-state index contributed by atoms with van der Waals surface area (Å²) in [6.45, 7) is 1.71. The van der Waals surface area contributed by atoms with E-state index in [9.17, 15) is 4.79 Å². The lowest BCUT2D eigenvalue weighted by atomic mass is 10.2. The van der Waals surface area contributed by atoms with Gasteiger partial charge in [-0.2, -0.15) is 0 Å². The fourth-order valence-electron chi connectivity index (χ4n) is 3.89. The summed E-state index contributed by atoms with van der Waals surface area (Å²) in [5.41, 5.74) is 2.56. The van der Waals surface area contributed by atoms with Crippen LogP contribution in [0.3, 0.4) is 0 Å². The van der Waals surface area contributed by atoms with Gasteiger partial charge in [-0.25, -0.2) is 4.98 Å². The molecule has 4 aromatic rings. The van der Waals surface area contributed by atoms with E-state index >= 15 is 0 Å². The summed E-state index contributed by atoms with van der Waals surface area (Å²) in [5, 5.41) is 2.98. The van der Waals surface area contributed by atoms with Crippen LogP contribution >= 0.6 is 0 Å². The normalized spacial score (nSPS) is 10.8. The van der Waals surface area contributed by atoms with Gasteiger partial charge in [0.05, 0.1) is 37.4 Å². The quantitative estimate of drug-likeness (QED) is 0.335. The molecule has 0 bridgehead atoms. The second kappa shape index (κ2) is 11.2. The fraction of sp³-hybridized carbons (Fsp3) is 0.259. The number of nitrogens with one attached hydrogen (secondary N) is 1. The number of amides is 1. The Morgan fingerprint density at radius 2 is 1.74 bits per heavy atom. The summed E-state index contributed by atoms with van der Waals surface area (Å²) in [6.07, 6.45) is 1.50. The first-order chi connectivity index (χ1) is 16.7. The molecule has 3 aromatic carbocycles. The first-order valence-corrected chi connectivity index (χ1v) is 11.3. The first kappa shape index (κ1) is 23.2. The summed E-state index contributed by atoms with van der Waals surface area (Å²) >= 11 is 0. The Bertz CT molecular complexity index is 1250. The highest BCUT2D eigenvalue weighted by molar-refractivity contribution is 5.96. The van der Waals surface area contributed by atoms with Crippen LogP contribution in [-0.2, 0) is 13.0 Å². The van der Waals surface area contributed by atoms with E-state index in [1.165, 1.54) is 0 Å². The van der Waals surface area contributed by atoms with Crippen LogP contribution < -0.4 is 19.5 Å². The first-order valence-electron chi connectivity index (χ1n) is 11.3. The monoisotopic (exact) mass is 459 g/mol. The van der Waals surface area contributed by atoms with E-state index in [2.05, 4.69) is 16.0 Å². The van der Waals surface area contributed by atoms with Gasteiger partial charge in [-0.1, -0.05) is 30.3 Å². The molecule has 7 nitrogen and oxygen atoms in total. The summed E-state index contributed by atoms with van der Waals surface area (Å²) in [7, 11) is 3.20. The standard InChI is InChI=1S/C27H29N3O4/c1-32-20-9-7-10-21(19-20)34-18-17-30-24-13-5-4-12-23(24)29-26(30)15-8-16-28-27(31)22-11-3-6-14-25(22)33-2/h3-7,9-14,19H,8,15-18H2,1-2H3,(H,28,31). The maximum Gasteiger partial charge on any atom is 0.255 e. The number of aryl methyl sites for hydroxylation is 1. The van der Waals surface area contributed by atoms with Crippen molar-refractivity contribution in [2.45, 2.75) is 19.4 Å². The van der Waals surface area contributed by atoms with Gasteiger partial charge in [0.1, 0.15) is 29.7 Å². The molecule has 1 aromatic heterocycles. The average molecular weight is 460 g/mol. The van der Waals surface area contributed by atoms with Gasteiger partial charge in [-0.05, 0) is 42.8 Å². The molecule has 1 amide bonds. The van der Waals surface area contributed by atoms with Crippen molar-refractivity contribution >= 4 is 16.9 Å². The van der Waals surface area contributed by atoms with Crippen LogP contribution in [0, 0.1) is 0 Å². The molecule has 0 aliphatic heterocycles. The van der Waals surface area contributed by atoms with Crippen molar-refractivity contribution in [3.8, 4) is 17.2 Å². The van der Waals surface area contributed by atoms with Crippen molar-refractivity contribution in [2.24, 2.45) is 0 Å². The molecule has 0 aliphatic rings. The number of methoxy groups -OCH3 is 2. The number of carbonyl (C=O) groups excluding carboxylic acids is 1. The highest BCUT2D eigenvalue weighted by Crippen LogP contribution is 2.21. The number of carbonyl (C=O) groups is 1. The van der Waals surface area contributed by atoms with Gasteiger partial charge in [0.15, 0.2) is 0 Å². The summed E-state index contributed by atoms with van der Waals surface area (Å²) in [5.74, 6) is 2.93. The number of para-hydroxylation sites is 3. The molecule has 0 fully saturated rings. The van der Waals surface area contributed by atoms with E-state index in [0.29, 0.717) is 31.0 Å². The smallest absolute Gasteiger partial charge is 0.255 e. The van der Waals surface area contributed by atoms with Crippen molar-refractivity contribution in [1.82, 2.24) is 14.9 Å². The Labute approximate surface area is 199 Å². The van der Waals surface area contributed by atoms with Gasteiger partial charge in [0.25, 0.3) is 5.91 Å². The van der Waals surface area contributed by atoms with Crippen molar-refractivity contribution in [3.05, 3.63) is 84.2 Å². The van der Waals surface area contributed by atoms with Crippen LogP contribution in [0.15, 0.2) is 72.8 Å². The number of hydrogen-bond acceptors (Lipinski definition) is 5. The van der Waals surface area contributed by atoms with Gasteiger partial charge in [-0.3, -0.25) is 4.79 Å². The maximum atomic E-state index is 12.5. The topological polar surface area (TPSA) is 74.6 Å². The Kier molecular flexibility index (Phi) is 7.65. The molecule has 0 saturated heterocycles. The predicted molar refractivity (Wildman–Crippen MR) is 132 cm³/mol. The van der Waals surface area contributed by atoms with Crippen LogP contribution in [0.5, 0.6) is 17.2 Å². The average Bonchev–Trinajstić information content (AvgIpc) is 3.24. The number of nitrogens with zero attached hydrogens (tertiary/aromatic N) is 2. The number of ether oxygens (including phenoxy) is 3. The number of hydrogen-bond donors (Lipinski definition) is 1. The Morgan fingerprint density at radius 3 is 2.59 bits per heavy atom. The number of benzene rings is 3. The van der Waals surface area contributed by atoms with Crippen LogP contribution in [0.1, 0.15) is 22.6 Å². The lowest BCUT2D eigenvalue weighted by Gasteiger charge is -2.12. The van der Waals surface area contributed by atoms with Crippen molar-refractivity contribution < 1.29 is 19.0 Å². The minimum atomic E-state index is -0.141. The zero-order valence-corrected chi connectivity index (χ0v) is 19.5. The highest BCUT2D eigenvalue weighted by Gasteiger charge is 2.13. The van der Waals surface area contributed by atoms with Crippen molar-refractivity contribution in [3.63, 3.8) is 0 Å². The van der Waals surface area contributed by atoms with E-state index in [1.54, 1.807) is 26.4 Å². The van der Waals surface area contributed by atoms with Gasteiger partial charge in [0.2, 0.25) is 0 Å². The third-order valence-electron chi connectivity index (χ3n) is 5.57. The Morgan fingerprint density at radius 1 is 0.941 bits per heavy atom. The molecule has 0 aliphatic carbocycles. The number of fused-ring (bicyclic) bond motifs is 1. The van der Waals surface area contributed by atoms with Crippen molar-refractivity contribution in [1.29, 1.82) is 0 Å². The lowest BCUT2D eigenvalue weighted by Crippen LogP contribution is -2.25. The highest BCUT2D eigenvalue weighted by atomic mass is 16.5. The third kappa shape index (κ3) is 5.49. The van der Waals surface area contributed by atoms with Crippen molar-refractivity contribution in [2.75, 3.05) is 27.4 Å². The zero-order chi connectivity index (χ0) is 23.8. The van der Waals surface area contributed by atoms with Gasteiger partial charge in [-0.15, -0.1) is 0 Å². The molecule has 0 unspecified atom stereocenters. The summed E-state index contributed by atoms with van der Waals surface area (Å²) in [6, 6.07) is 22.9. The number of aromatic nitrogens is 2. The van der Waals surface area contributed by atoms with Crippen LogP contribution in [0.25, 0.3) is 11.0 Å². The zero-order valence-electron chi connectivity index (χ0n) is 19.5. The van der Waals surface area contributed by atoms with Crippen LogP contribution in [0.4, 0.5) is 0 Å². The molecule has 0 spiro atoms. The van der Waals surface area contributed by atoms with Crippen LogP contribution in [0.2, 0.25) is 0 Å². The maximum absolute atomic E-state index is 12.5. The molecular formula is C27H29N3O4. The third-order valence-corrected chi connectivity index (χ3v) is 5.57. The molecule has 0 saturated carbocycles. The number of rotatable bonds is 11. The molecule has 1 heterocycles. The summed E-state index contributed by atoms with van der Waals surface area (Å²) < 4.78 is 18.7. The molecule has 34 heavy (non-hydrogen) atoms. The van der Waals surface area contributed by atoms with E-state index in [1.807, 2.05) is 54.6 Å². The molecule has 7 heteroatoms. The van der Waals surface area contributed by atoms with Gasteiger partial charge < -0.3 is 24.1 Å². The lowest BCUT2D eigenvalue weighted by molar-refractivity contribution is 0.0950. The van der Waals surface area contributed by atoms with Gasteiger partial charge >= 0.3 is 0 Å². The van der Waals surface area contributed by atoms with E-state index in [-0.39, 0.29) is 5.91 Å². The minimum Gasteiger partial charge on any atom is -0.497 e. The van der Waals surface area contributed by atoms with E-state index in [4.69, 9.17) is 19.2 Å². The minimum absolute atomic E-state index is 0.141.